The molecule has 1 aliphatic carbocycles. The summed E-state index contributed by atoms with van der Waals surface area (Å²) >= 11 is 1.36. The molecule has 1 saturated carbocycles. The van der Waals surface area contributed by atoms with Crippen LogP contribution in [0, 0.1) is 5.92 Å². The normalized spacial score (nSPS) is 19.7. The number of para-hydroxylation sites is 2. The lowest BCUT2D eigenvalue weighted by atomic mass is 10.2. The SMILES string of the molecule is CC(NC(=O)[C@H]1C[C@@H]1c1nc2ccccc2[nH]1)c1ccc(C(=O)OC(C)(C)C)s1. The van der Waals surface area contributed by atoms with Crippen molar-refractivity contribution in [3.05, 3.63) is 52.0 Å². The Labute approximate surface area is 173 Å². The predicted octanol–water partition coefficient (Wildman–Crippen LogP) is 4.56. The van der Waals surface area contributed by atoms with Crippen molar-refractivity contribution in [1.82, 2.24) is 15.3 Å². The van der Waals surface area contributed by atoms with Crippen molar-refractivity contribution in [2.24, 2.45) is 5.92 Å². The number of ether oxygens (including phenoxy) is 1. The molecule has 6 nitrogen and oxygen atoms in total. The zero-order valence-electron chi connectivity index (χ0n) is 17.0. The Bertz CT molecular complexity index is 1030. The summed E-state index contributed by atoms with van der Waals surface area (Å²) in [5.74, 6) is 0.635. The summed E-state index contributed by atoms with van der Waals surface area (Å²) in [6, 6.07) is 11.3. The Morgan fingerprint density at radius 1 is 1.24 bits per heavy atom. The fourth-order valence-corrected chi connectivity index (χ4v) is 4.24. The van der Waals surface area contributed by atoms with Crippen LogP contribution < -0.4 is 5.32 Å². The Morgan fingerprint density at radius 2 is 2.00 bits per heavy atom. The molecule has 7 heteroatoms. The number of nitrogens with zero attached hydrogens (tertiary/aromatic N) is 1. The van der Waals surface area contributed by atoms with Gasteiger partial charge in [-0.1, -0.05) is 12.1 Å². The second kappa shape index (κ2) is 7.30. The third kappa shape index (κ3) is 4.34. The first kappa shape index (κ1) is 19.6. The van der Waals surface area contributed by atoms with Crippen LogP contribution in [0.15, 0.2) is 36.4 Å². The van der Waals surface area contributed by atoms with E-state index in [0.717, 1.165) is 28.2 Å². The van der Waals surface area contributed by atoms with Gasteiger partial charge >= 0.3 is 5.97 Å². The number of carbonyl (C=O) groups is 2. The number of thiophene rings is 1. The van der Waals surface area contributed by atoms with Crippen LogP contribution in [0.2, 0.25) is 0 Å². The minimum absolute atomic E-state index is 0.0233. The van der Waals surface area contributed by atoms with Crippen LogP contribution in [0.3, 0.4) is 0 Å². The van der Waals surface area contributed by atoms with E-state index < -0.39 is 5.60 Å². The van der Waals surface area contributed by atoms with Crippen molar-refractivity contribution in [1.29, 1.82) is 0 Å². The first-order valence-electron chi connectivity index (χ1n) is 9.79. The van der Waals surface area contributed by atoms with Crippen LogP contribution in [0.25, 0.3) is 11.0 Å². The summed E-state index contributed by atoms with van der Waals surface area (Å²) in [7, 11) is 0. The summed E-state index contributed by atoms with van der Waals surface area (Å²) in [5, 5.41) is 3.07. The van der Waals surface area contributed by atoms with E-state index in [4.69, 9.17) is 4.74 Å². The lowest BCUT2D eigenvalue weighted by molar-refractivity contribution is -0.123. The fraction of sp³-hybridized carbons (Fsp3) is 0.409. The Kier molecular flexibility index (Phi) is 4.94. The number of imidazole rings is 1. The number of aromatic nitrogens is 2. The molecule has 0 bridgehead atoms. The molecule has 1 amide bonds. The van der Waals surface area contributed by atoms with E-state index in [1.807, 2.05) is 58.0 Å². The molecule has 2 N–H and O–H groups in total. The highest BCUT2D eigenvalue weighted by molar-refractivity contribution is 7.14. The van der Waals surface area contributed by atoms with Gasteiger partial charge in [0.2, 0.25) is 5.91 Å². The summed E-state index contributed by atoms with van der Waals surface area (Å²) in [6.45, 7) is 7.46. The molecule has 3 atom stereocenters. The third-order valence-corrected chi connectivity index (χ3v) is 6.15. The summed E-state index contributed by atoms with van der Waals surface area (Å²) in [5.41, 5.74) is 1.39. The largest absolute Gasteiger partial charge is 0.456 e. The van der Waals surface area contributed by atoms with Gasteiger partial charge in [0.05, 0.1) is 17.1 Å². The van der Waals surface area contributed by atoms with Gasteiger partial charge in [-0.25, -0.2) is 9.78 Å². The van der Waals surface area contributed by atoms with Crippen molar-refractivity contribution in [2.45, 2.75) is 51.7 Å². The van der Waals surface area contributed by atoms with Crippen molar-refractivity contribution in [3.8, 4) is 0 Å². The molecular weight excluding hydrogens is 386 g/mol. The number of hydrogen-bond donors (Lipinski definition) is 2. The lowest BCUT2D eigenvalue weighted by Crippen LogP contribution is -2.28. The van der Waals surface area contributed by atoms with Crippen molar-refractivity contribution < 1.29 is 14.3 Å². The second-order valence-corrected chi connectivity index (χ2v) is 9.64. The molecule has 0 saturated heterocycles. The first-order chi connectivity index (χ1) is 13.7. The monoisotopic (exact) mass is 411 g/mol. The quantitative estimate of drug-likeness (QED) is 0.603. The number of aromatic amines is 1. The van der Waals surface area contributed by atoms with Crippen LogP contribution in [0.1, 0.15) is 66.4 Å². The van der Waals surface area contributed by atoms with E-state index >= 15 is 0 Å². The standard InChI is InChI=1S/C22H25N3O3S/c1-12(17-9-10-18(29-17)21(27)28-22(2,3)4)23-20(26)14-11-13(14)19-24-15-7-5-6-8-16(15)25-19/h5-10,12-14H,11H2,1-4H3,(H,23,26)(H,24,25)/t12?,13-,14-/m0/s1. The average Bonchev–Trinajstić information content (AvgIpc) is 3.10. The number of benzene rings is 1. The van der Waals surface area contributed by atoms with Crippen LogP contribution in [-0.2, 0) is 9.53 Å². The van der Waals surface area contributed by atoms with E-state index in [-0.39, 0.29) is 29.8 Å². The van der Waals surface area contributed by atoms with Gasteiger partial charge in [-0.15, -0.1) is 11.3 Å². The fourth-order valence-electron chi connectivity index (χ4n) is 3.35. The third-order valence-electron chi connectivity index (χ3n) is 4.90. The van der Waals surface area contributed by atoms with Crippen LogP contribution >= 0.6 is 11.3 Å². The minimum Gasteiger partial charge on any atom is -0.456 e. The molecule has 1 aromatic carbocycles. The van der Waals surface area contributed by atoms with Gasteiger partial charge in [-0.3, -0.25) is 4.79 Å². The lowest BCUT2D eigenvalue weighted by Gasteiger charge is -2.18. The van der Waals surface area contributed by atoms with E-state index in [9.17, 15) is 9.59 Å². The number of carbonyl (C=O) groups excluding carboxylic acids is 2. The van der Waals surface area contributed by atoms with E-state index in [2.05, 4.69) is 15.3 Å². The molecular formula is C22H25N3O3S. The number of hydrogen-bond acceptors (Lipinski definition) is 5. The van der Waals surface area contributed by atoms with Crippen molar-refractivity contribution in [3.63, 3.8) is 0 Å². The smallest absolute Gasteiger partial charge is 0.348 e. The van der Waals surface area contributed by atoms with Gasteiger partial charge in [0.15, 0.2) is 0 Å². The molecule has 1 unspecified atom stereocenters. The molecule has 0 radical (unpaired) electrons. The number of H-pyrrole nitrogens is 1. The molecule has 2 heterocycles. The molecule has 0 spiro atoms. The zero-order valence-corrected chi connectivity index (χ0v) is 17.8. The second-order valence-electron chi connectivity index (χ2n) is 8.52. The predicted molar refractivity (Wildman–Crippen MR) is 113 cm³/mol. The molecule has 4 rings (SSSR count). The topological polar surface area (TPSA) is 84.1 Å². The average molecular weight is 412 g/mol. The van der Waals surface area contributed by atoms with Crippen LogP contribution in [0.5, 0.6) is 0 Å². The van der Waals surface area contributed by atoms with Gasteiger partial charge in [0, 0.05) is 16.7 Å². The zero-order chi connectivity index (χ0) is 20.8. The first-order valence-corrected chi connectivity index (χ1v) is 10.6. The highest BCUT2D eigenvalue weighted by atomic mass is 32.1. The highest BCUT2D eigenvalue weighted by Gasteiger charge is 2.46. The highest BCUT2D eigenvalue weighted by Crippen LogP contribution is 2.47. The molecule has 1 aliphatic rings. The van der Waals surface area contributed by atoms with Gasteiger partial charge in [-0.2, -0.15) is 0 Å². The Morgan fingerprint density at radius 3 is 2.72 bits per heavy atom. The molecule has 3 aromatic rings. The van der Waals surface area contributed by atoms with Gasteiger partial charge in [0.1, 0.15) is 16.3 Å². The minimum atomic E-state index is -0.529. The number of esters is 1. The molecule has 1 fully saturated rings. The van der Waals surface area contributed by atoms with E-state index in [1.54, 1.807) is 6.07 Å². The number of fused-ring (bicyclic) bond motifs is 1. The number of nitrogens with one attached hydrogen (secondary N) is 2. The van der Waals surface area contributed by atoms with Crippen LogP contribution in [-0.4, -0.2) is 27.4 Å². The molecule has 152 valence electrons. The van der Waals surface area contributed by atoms with Gasteiger partial charge < -0.3 is 15.0 Å². The Balaban J connectivity index is 1.36. The van der Waals surface area contributed by atoms with E-state index in [0.29, 0.717) is 4.88 Å². The molecule has 29 heavy (non-hydrogen) atoms. The number of rotatable bonds is 5. The maximum absolute atomic E-state index is 12.7. The summed E-state index contributed by atoms with van der Waals surface area (Å²) in [4.78, 5) is 34.3. The van der Waals surface area contributed by atoms with Crippen molar-refractivity contribution in [2.75, 3.05) is 0 Å². The summed E-state index contributed by atoms with van der Waals surface area (Å²) < 4.78 is 5.41. The summed E-state index contributed by atoms with van der Waals surface area (Å²) in [6.07, 6.45) is 0.798. The maximum Gasteiger partial charge on any atom is 0.348 e. The maximum atomic E-state index is 12.7. The number of amides is 1. The van der Waals surface area contributed by atoms with Gasteiger partial charge in [-0.05, 0) is 58.4 Å². The van der Waals surface area contributed by atoms with Crippen LogP contribution in [0.4, 0.5) is 0 Å². The van der Waals surface area contributed by atoms with Crippen molar-refractivity contribution >= 4 is 34.2 Å². The molecule has 2 aromatic heterocycles. The van der Waals surface area contributed by atoms with E-state index in [1.165, 1.54) is 11.3 Å². The molecule has 0 aliphatic heterocycles. The Hall–Kier alpha value is -2.67. The van der Waals surface area contributed by atoms with Gasteiger partial charge in [0.25, 0.3) is 0 Å².